The molecule has 0 bridgehead atoms. The number of carbonyl (C=O) groups excluding carboxylic acids is 1. The van der Waals surface area contributed by atoms with Gasteiger partial charge >= 0.3 is 0 Å². The Kier molecular flexibility index (Phi) is 3.00. The number of hydrogen-bond donors (Lipinski definition) is 2. The number of aryl methyl sites for hydroxylation is 1. The van der Waals surface area contributed by atoms with Gasteiger partial charge in [-0.25, -0.2) is 9.67 Å². The number of H-pyrrole nitrogens is 1. The third kappa shape index (κ3) is 2.28. The molecule has 0 saturated carbocycles. The number of pyridine rings is 1. The maximum absolute atomic E-state index is 12.0. The molecule has 1 amide bonds. The first-order valence-electron chi connectivity index (χ1n) is 6.01. The number of nitrogens with one attached hydrogen (secondary N) is 2. The fourth-order valence-electron chi connectivity index (χ4n) is 1.78. The summed E-state index contributed by atoms with van der Waals surface area (Å²) in [5, 5.41) is 13.4. The molecule has 0 aliphatic heterocycles. The molecule has 3 aromatic heterocycles. The van der Waals surface area contributed by atoms with Crippen LogP contribution in [0.4, 0.5) is 5.69 Å². The van der Waals surface area contributed by atoms with Crippen LogP contribution < -0.4 is 5.32 Å². The zero-order valence-corrected chi connectivity index (χ0v) is 10.7. The highest BCUT2D eigenvalue weighted by Gasteiger charge is 2.11. The number of amides is 1. The van der Waals surface area contributed by atoms with E-state index in [4.69, 9.17) is 0 Å². The van der Waals surface area contributed by atoms with Gasteiger partial charge in [-0.3, -0.25) is 9.89 Å². The smallest absolute Gasteiger partial charge is 0.259 e. The Bertz CT molecular complexity index is 714. The van der Waals surface area contributed by atoms with Gasteiger partial charge in [0.1, 0.15) is 0 Å². The predicted molar refractivity (Wildman–Crippen MR) is 72.6 cm³/mol. The van der Waals surface area contributed by atoms with E-state index < -0.39 is 0 Å². The van der Waals surface area contributed by atoms with Gasteiger partial charge in [-0.2, -0.15) is 10.2 Å². The van der Waals surface area contributed by atoms with Gasteiger partial charge in [-0.05, 0) is 25.1 Å². The standard InChI is InChI=1S/C13H12N6O/c1-9-11(8-15-18-9)13(20)17-10-3-4-12(14-7-10)19-6-2-5-16-19/h2-8H,1H3,(H,15,18)(H,17,20). The van der Waals surface area contributed by atoms with Crippen molar-refractivity contribution in [1.29, 1.82) is 0 Å². The summed E-state index contributed by atoms with van der Waals surface area (Å²) in [7, 11) is 0. The third-order valence-corrected chi connectivity index (χ3v) is 2.82. The molecule has 100 valence electrons. The number of anilines is 1. The van der Waals surface area contributed by atoms with E-state index in [2.05, 4.69) is 25.6 Å². The van der Waals surface area contributed by atoms with Crippen LogP contribution >= 0.6 is 0 Å². The molecule has 0 fully saturated rings. The Labute approximate surface area is 114 Å². The van der Waals surface area contributed by atoms with E-state index in [1.54, 1.807) is 42.3 Å². The number of aromatic nitrogens is 5. The predicted octanol–water partition coefficient (Wildman–Crippen LogP) is 1.55. The van der Waals surface area contributed by atoms with Crippen molar-refractivity contribution in [2.45, 2.75) is 6.92 Å². The average Bonchev–Trinajstić information content (AvgIpc) is 3.10. The highest BCUT2D eigenvalue weighted by molar-refractivity contribution is 6.04. The fraction of sp³-hybridized carbons (Fsp3) is 0.0769. The van der Waals surface area contributed by atoms with Crippen LogP contribution in [0, 0.1) is 6.92 Å². The maximum atomic E-state index is 12.0. The summed E-state index contributed by atoms with van der Waals surface area (Å²) in [4.78, 5) is 16.2. The summed E-state index contributed by atoms with van der Waals surface area (Å²) < 4.78 is 1.64. The highest BCUT2D eigenvalue weighted by Crippen LogP contribution is 2.11. The molecule has 0 aromatic carbocycles. The van der Waals surface area contributed by atoms with Crippen LogP contribution in [0.25, 0.3) is 5.82 Å². The number of rotatable bonds is 3. The van der Waals surface area contributed by atoms with Crippen molar-refractivity contribution < 1.29 is 4.79 Å². The van der Waals surface area contributed by atoms with Crippen molar-refractivity contribution in [3.63, 3.8) is 0 Å². The molecule has 3 rings (SSSR count). The monoisotopic (exact) mass is 268 g/mol. The van der Waals surface area contributed by atoms with Crippen LogP contribution in [-0.2, 0) is 0 Å². The zero-order chi connectivity index (χ0) is 13.9. The van der Waals surface area contributed by atoms with Crippen LogP contribution in [0.3, 0.4) is 0 Å². The van der Waals surface area contributed by atoms with Gasteiger partial charge in [0.15, 0.2) is 5.82 Å². The molecule has 0 aliphatic carbocycles. The van der Waals surface area contributed by atoms with Gasteiger partial charge in [0, 0.05) is 18.1 Å². The molecule has 3 heterocycles. The number of carbonyl (C=O) groups is 1. The molecular formula is C13H12N6O. The second-order valence-electron chi connectivity index (χ2n) is 4.22. The van der Waals surface area contributed by atoms with Crippen molar-refractivity contribution in [2.75, 3.05) is 5.32 Å². The normalized spacial score (nSPS) is 10.4. The molecule has 0 saturated heterocycles. The van der Waals surface area contributed by atoms with Crippen LogP contribution in [0.2, 0.25) is 0 Å². The van der Waals surface area contributed by atoms with Crippen molar-refractivity contribution in [1.82, 2.24) is 25.0 Å². The summed E-state index contributed by atoms with van der Waals surface area (Å²) in [6, 6.07) is 5.38. The molecule has 2 N–H and O–H groups in total. The van der Waals surface area contributed by atoms with Crippen molar-refractivity contribution in [3.05, 3.63) is 54.2 Å². The fourth-order valence-corrected chi connectivity index (χ4v) is 1.78. The molecule has 0 radical (unpaired) electrons. The summed E-state index contributed by atoms with van der Waals surface area (Å²) >= 11 is 0. The molecule has 0 aliphatic rings. The molecule has 3 aromatic rings. The third-order valence-electron chi connectivity index (χ3n) is 2.82. The van der Waals surface area contributed by atoms with Crippen LogP contribution in [0.1, 0.15) is 16.1 Å². The number of nitrogens with zero attached hydrogens (tertiary/aromatic N) is 4. The summed E-state index contributed by atoms with van der Waals surface area (Å²) in [5.74, 6) is 0.470. The summed E-state index contributed by atoms with van der Waals surface area (Å²) in [5.41, 5.74) is 1.86. The zero-order valence-electron chi connectivity index (χ0n) is 10.7. The minimum atomic E-state index is -0.218. The van der Waals surface area contributed by atoms with Gasteiger partial charge in [0.2, 0.25) is 0 Å². The van der Waals surface area contributed by atoms with Gasteiger partial charge in [0.05, 0.1) is 23.6 Å². The van der Waals surface area contributed by atoms with Gasteiger partial charge in [0.25, 0.3) is 5.91 Å². The molecule has 0 unspecified atom stereocenters. The van der Waals surface area contributed by atoms with E-state index in [0.717, 1.165) is 5.69 Å². The Morgan fingerprint density at radius 3 is 2.85 bits per heavy atom. The first-order valence-corrected chi connectivity index (χ1v) is 6.01. The lowest BCUT2D eigenvalue weighted by Gasteiger charge is -2.05. The number of aromatic amines is 1. The second kappa shape index (κ2) is 4.96. The largest absolute Gasteiger partial charge is 0.320 e. The molecule has 7 heteroatoms. The van der Waals surface area contributed by atoms with E-state index >= 15 is 0 Å². The van der Waals surface area contributed by atoms with Crippen molar-refractivity contribution >= 4 is 11.6 Å². The van der Waals surface area contributed by atoms with Crippen LogP contribution in [0.5, 0.6) is 0 Å². The van der Waals surface area contributed by atoms with Crippen molar-refractivity contribution in [3.8, 4) is 5.82 Å². The van der Waals surface area contributed by atoms with Crippen LogP contribution in [-0.4, -0.2) is 30.9 Å². The number of hydrogen-bond acceptors (Lipinski definition) is 4. The Balaban J connectivity index is 1.76. The molecule has 20 heavy (non-hydrogen) atoms. The Hall–Kier alpha value is -2.96. The van der Waals surface area contributed by atoms with Gasteiger partial charge in [-0.15, -0.1) is 0 Å². The Morgan fingerprint density at radius 1 is 1.35 bits per heavy atom. The average molecular weight is 268 g/mol. The molecule has 7 nitrogen and oxygen atoms in total. The van der Waals surface area contributed by atoms with E-state index in [1.807, 2.05) is 6.07 Å². The lowest BCUT2D eigenvalue weighted by molar-refractivity contribution is 0.102. The molecule has 0 spiro atoms. The molecular weight excluding hydrogens is 256 g/mol. The van der Waals surface area contributed by atoms with Crippen LogP contribution in [0.15, 0.2) is 43.0 Å². The minimum Gasteiger partial charge on any atom is -0.320 e. The summed E-state index contributed by atoms with van der Waals surface area (Å²) in [6.07, 6.45) is 6.56. The maximum Gasteiger partial charge on any atom is 0.259 e. The Morgan fingerprint density at radius 2 is 2.25 bits per heavy atom. The summed E-state index contributed by atoms with van der Waals surface area (Å²) in [6.45, 7) is 1.79. The quantitative estimate of drug-likeness (QED) is 0.754. The second-order valence-corrected chi connectivity index (χ2v) is 4.22. The topological polar surface area (TPSA) is 88.5 Å². The minimum absolute atomic E-state index is 0.218. The van der Waals surface area contributed by atoms with E-state index in [9.17, 15) is 4.79 Å². The molecule has 0 atom stereocenters. The van der Waals surface area contributed by atoms with Crippen molar-refractivity contribution in [2.24, 2.45) is 0 Å². The van der Waals surface area contributed by atoms with Gasteiger partial charge in [-0.1, -0.05) is 0 Å². The van der Waals surface area contributed by atoms with E-state index in [0.29, 0.717) is 17.1 Å². The highest BCUT2D eigenvalue weighted by atomic mass is 16.1. The van der Waals surface area contributed by atoms with E-state index in [-0.39, 0.29) is 5.91 Å². The lowest BCUT2D eigenvalue weighted by atomic mass is 10.2. The van der Waals surface area contributed by atoms with E-state index in [1.165, 1.54) is 6.20 Å². The SMILES string of the molecule is Cc1[nH]ncc1C(=O)Nc1ccc(-n2cccn2)nc1. The first kappa shape index (κ1) is 12.1. The first-order chi connectivity index (χ1) is 9.74. The van der Waals surface area contributed by atoms with Gasteiger partial charge < -0.3 is 5.32 Å². The lowest BCUT2D eigenvalue weighted by Crippen LogP contribution is -2.12.